The van der Waals surface area contributed by atoms with Gasteiger partial charge in [0.2, 0.25) is 5.91 Å². The van der Waals surface area contributed by atoms with E-state index in [9.17, 15) is 4.79 Å². The topological polar surface area (TPSA) is 32.8 Å². The average molecular weight is 206 g/mol. The van der Waals surface area contributed by atoms with Gasteiger partial charge in [-0.1, -0.05) is 12.1 Å². The molecule has 1 saturated heterocycles. The summed E-state index contributed by atoms with van der Waals surface area (Å²) in [4.78, 5) is 15.1. The summed E-state index contributed by atoms with van der Waals surface area (Å²) in [6.07, 6.45) is 0. The summed E-state index contributed by atoms with van der Waals surface area (Å²) in [5, 5.41) is 0. The van der Waals surface area contributed by atoms with Gasteiger partial charge in [-0.15, -0.1) is 0 Å². The lowest BCUT2D eigenvalue weighted by Crippen LogP contribution is -2.23. The fraction of sp³-hybridized carbons (Fsp3) is 0.364. The molecule has 1 aliphatic rings. The van der Waals surface area contributed by atoms with Gasteiger partial charge < -0.3 is 14.5 Å². The lowest BCUT2D eigenvalue weighted by Gasteiger charge is -2.19. The first-order valence-corrected chi connectivity index (χ1v) is 4.84. The lowest BCUT2D eigenvalue weighted by atomic mass is 10.2. The summed E-state index contributed by atoms with van der Waals surface area (Å²) in [5.74, 6) is 0.946. The Morgan fingerprint density at radius 1 is 1.33 bits per heavy atom. The smallest absolute Gasteiger partial charge is 0.243 e. The van der Waals surface area contributed by atoms with Crippen molar-refractivity contribution in [3.8, 4) is 5.75 Å². The monoisotopic (exact) mass is 206 g/mol. The molecule has 15 heavy (non-hydrogen) atoms. The number of amides is 1. The van der Waals surface area contributed by atoms with Crippen LogP contribution in [0.15, 0.2) is 24.3 Å². The van der Waals surface area contributed by atoms with E-state index in [-0.39, 0.29) is 5.91 Å². The van der Waals surface area contributed by atoms with Crippen LogP contribution in [0.25, 0.3) is 0 Å². The molecule has 80 valence electrons. The molecule has 0 saturated carbocycles. The zero-order chi connectivity index (χ0) is 10.8. The molecule has 0 bridgehead atoms. The summed E-state index contributed by atoms with van der Waals surface area (Å²) in [6.45, 7) is 1.05. The van der Waals surface area contributed by atoms with Gasteiger partial charge >= 0.3 is 0 Å². The van der Waals surface area contributed by atoms with Crippen molar-refractivity contribution < 1.29 is 9.53 Å². The van der Waals surface area contributed by atoms with Crippen molar-refractivity contribution in [2.24, 2.45) is 0 Å². The van der Waals surface area contributed by atoms with Crippen LogP contribution in [0.2, 0.25) is 0 Å². The molecule has 0 aromatic heterocycles. The molecule has 0 aliphatic carbocycles. The van der Waals surface area contributed by atoms with E-state index >= 15 is 0 Å². The Kier molecular flexibility index (Phi) is 2.49. The molecular weight excluding hydrogens is 192 g/mol. The minimum Gasteiger partial charge on any atom is -0.495 e. The Labute approximate surface area is 89.0 Å². The molecule has 1 amide bonds. The van der Waals surface area contributed by atoms with Gasteiger partial charge in [0.25, 0.3) is 0 Å². The van der Waals surface area contributed by atoms with Crippen molar-refractivity contribution >= 4 is 11.6 Å². The second kappa shape index (κ2) is 3.81. The van der Waals surface area contributed by atoms with E-state index in [4.69, 9.17) is 4.74 Å². The molecule has 0 unspecified atom stereocenters. The molecule has 0 atom stereocenters. The largest absolute Gasteiger partial charge is 0.495 e. The standard InChI is InChI=1S/C11H14N2O2/c1-12-8-13(7-11(12)14)9-5-3-4-6-10(9)15-2/h3-6H,7-8H2,1-2H3. The van der Waals surface area contributed by atoms with E-state index in [0.717, 1.165) is 11.4 Å². The third-order valence-corrected chi connectivity index (χ3v) is 2.56. The quantitative estimate of drug-likeness (QED) is 0.721. The molecule has 0 N–H and O–H groups in total. The Hall–Kier alpha value is -1.71. The maximum Gasteiger partial charge on any atom is 0.243 e. The number of ether oxygens (including phenoxy) is 1. The number of benzene rings is 1. The molecule has 4 heteroatoms. The van der Waals surface area contributed by atoms with Crippen LogP contribution < -0.4 is 9.64 Å². The summed E-state index contributed by atoms with van der Waals surface area (Å²) in [5.41, 5.74) is 0.970. The van der Waals surface area contributed by atoms with Crippen molar-refractivity contribution in [2.45, 2.75) is 0 Å². The van der Waals surface area contributed by atoms with Crippen LogP contribution in [0, 0.1) is 0 Å². The highest BCUT2D eigenvalue weighted by Crippen LogP contribution is 2.29. The number of rotatable bonds is 2. The van der Waals surface area contributed by atoms with Gasteiger partial charge in [-0.05, 0) is 12.1 Å². The number of hydrogen-bond acceptors (Lipinski definition) is 3. The van der Waals surface area contributed by atoms with Crippen molar-refractivity contribution in [3.05, 3.63) is 24.3 Å². The minimum atomic E-state index is 0.140. The fourth-order valence-electron chi connectivity index (χ4n) is 1.72. The molecule has 1 aromatic rings. The van der Waals surface area contributed by atoms with E-state index in [1.165, 1.54) is 0 Å². The Bertz CT molecular complexity index is 379. The van der Waals surface area contributed by atoms with E-state index in [0.29, 0.717) is 13.2 Å². The van der Waals surface area contributed by atoms with Gasteiger partial charge in [0.15, 0.2) is 0 Å². The molecule has 1 heterocycles. The summed E-state index contributed by atoms with van der Waals surface area (Å²) in [7, 11) is 3.44. The highest BCUT2D eigenvalue weighted by Gasteiger charge is 2.25. The molecular formula is C11H14N2O2. The Morgan fingerprint density at radius 2 is 2.07 bits per heavy atom. The van der Waals surface area contributed by atoms with Gasteiger partial charge in [0.05, 0.1) is 26.0 Å². The number of carbonyl (C=O) groups excluding carboxylic acids is 1. The van der Waals surface area contributed by atoms with Crippen LogP contribution in [0.5, 0.6) is 5.75 Å². The number of hydrogen-bond donors (Lipinski definition) is 0. The maximum atomic E-state index is 11.4. The van der Waals surface area contributed by atoms with Crippen LogP contribution in [-0.2, 0) is 4.79 Å². The predicted molar refractivity (Wildman–Crippen MR) is 58.0 cm³/mol. The summed E-state index contributed by atoms with van der Waals surface area (Å²) < 4.78 is 5.26. The number of methoxy groups -OCH3 is 1. The minimum absolute atomic E-state index is 0.140. The van der Waals surface area contributed by atoms with Crippen LogP contribution in [0.1, 0.15) is 0 Å². The Morgan fingerprint density at radius 3 is 2.67 bits per heavy atom. The van der Waals surface area contributed by atoms with E-state index in [2.05, 4.69) is 0 Å². The second-order valence-electron chi connectivity index (χ2n) is 3.60. The number of carbonyl (C=O) groups is 1. The van der Waals surface area contributed by atoms with Gasteiger partial charge in [-0.3, -0.25) is 4.79 Å². The molecule has 4 nitrogen and oxygen atoms in total. The SMILES string of the molecule is COc1ccccc1N1CC(=O)N(C)C1. The number of nitrogens with zero attached hydrogens (tertiary/aromatic N) is 2. The molecule has 2 rings (SSSR count). The lowest BCUT2D eigenvalue weighted by molar-refractivity contribution is -0.125. The van der Waals surface area contributed by atoms with Gasteiger partial charge in [-0.2, -0.15) is 0 Å². The average Bonchev–Trinajstić information content (AvgIpc) is 2.59. The third kappa shape index (κ3) is 1.75. The first kappa shape index (κ1) is 9.83. The third-order valence-electron chi connectivity index (χ3n) is 2.56. The fourth-order valence-corrected chi connectivity index (χ4v) is 1.72. The zero-order valence-electron chi connectivity index (χ0n) is 8.93. The molecule has 1 aliphatic heterocycles. The van der Waals surface area contributed by atoms with E-state index in [1.807, 2.05) is 29.2 Å². The molecule has 0 radical (unpaired) electrons. The van der Waals surface area contributed by atoms with Crippen LogP contribution in [0.3, 0.4) is 0 Å². The number of likely N-dealkylation sites (N-methyl/N-ethyl adjacent to an activating group) is 1. The van der Waals surface area contributed by atoms with Gasteiger partial charge in [-0.25, -0.2) is 0 Å². The normalized spacial score (nSPS) is 16.0. The zero-order valence-corrected chi connectivity index (χ0v) is 8.93. The second-order valence-corrected chi connectivity index (χ2v) is 3.60. The first-order chi connectivity index (χ1) is 7.22. The molecule has 1 aromatic carbocycles. The highest BCUT2D eigenvalue weighted by atomic mass is 16.5. The maximum absolute atomic E-state index is 11.4. The van der Waals surface area contributed by atoms with Gasteiger partial charge in [0, 0.05) is 7.05 Å². The number of anilines is 1. The molecule has 1 fully saturated rings. The highest BCUT2D eigenvalue weighted by molar-refractivity contribution is 5.85. The summed E-state index contributed by atoms with van der Waals surface area (Å²) >= 11 is 0. The van der Waals surface area contributed by atoms with Crippen LogP contribution in [0.4, 0.5) is 5.69 Å². The van der Waals surface area contributed by atoms with E-state index < -0.39 is 0 Å². The van der Waals surface area contributed by atoms with Crippen LogP contribution >= 0.6 is 0 Å². The van der Waals surface area contributed by atoms with Crippen LogP contribution in [-0.4, -0.2) is 38.2 Å². The van der Waals surface area contributed by atoms with Crippen molar-refractivity contribution in [3.63, 3.8) is 0 Å². The van der Waals surface area contributed by atoms with Crippen molar-refractivity contribution in [1.29, 1.82) is 0 Å². The first-order valence-electron chi connectivity index (χ1n) is 4.84. The number of para-hydroxylation sites is 2. The van der Waals surface area contributed by atoms with E-state index in [1.54, 1.807) is 19.1 Å². The predicted octanol–water partition coefficient (Wildman–Crippen LogP) is 0.931. The Balaban J connectivity index is 2.27. The van der Waals surface area contributed by atoms with Gasteiger partial charge in [0.1, 0.15) is 5.75 Å². The summed E-state index contributed by atoms with van der Waals surface area (Å²) in [6, 6.07) is 7.73. The molecule has 0 spiro atoms. The van der Waals surface area contributed by atoms with Crippen molar-refractivity contribution in [2.75, 3.05) is 32.3 Å². The van der Waals surface area contributed by atoms with Crippen molar-refractivity contribution in [1.82, 2.24) is 4.90 Å².